The van der Waals surface area contributed by atoms with Crippen molar-refractivity contribution in [2.45, 2.75) is 46.0 Å². The van der Waals surface area contributed by atoms with Crippen molar-refractivity contribution >= 4 is 11.9 Å². The Bertz CT molecular complexity index is 278. The van der Waals surface area contributed by atoms with Gasteiger partial charge in [0.2, 0.25) is 0 Å². The van der Waals surface area contributed by atoms with Gasteiger partial charge in [-0.1, -0.05) is 19.3 Å². The molecule has 1 rings (SSSR count). The van der Waals surface area contributed by atoms with E-state index in [1.807, 2.05) is 14.0 Å². The Morgan fingerprint density at radius 1 is 1.35 bits per heavy atom. The number of carbonyl (C=O) groups is 2. The second-order valence-corrected chi connectivity index (χ2v) is 5.26. The number of carbonyl (C=O) groups excluding carboxylic acids is 2. The van der Waals surface area contributed by atoms with Crippen molar-refractivity contribution in [3.63, 3.8) is 0 Å². The summed E-state index contributed by atoms with van der Waals surface area (Å²) in [6, 6.07) is 0. The summed E-state index contributed by atoms with van der Waals surface area (Å²) in [4.78, 5) is 23.0. The third-order valence-electron chi connectivity index (χ3n) is 3.40. The molecule has 0 aromatic carbocycles. The average molecular weight is 286 g/mol. The Hall–Kier alpha value is -1.10. The fraction of sp³-hybridized carbons (Fsp3) is 0.867. The fourth-order valence-corrected chi connectivity index (χ4v) is 1.78. The first-order chi connectivity index (χ1) is 9.51. The Balaban J connectivity index is 0.000000441. The third kappa shape index (κ3) is 9.78. The Labute approximate surface area is 123 Å². The van der Waals surface area contributed by atoms with E-state index in [1.54, 1.807) is 18.9 Å². The Kier molecular flexibility index (Phi) is 11.1. The molecule has 0 saturated heterocycles. The molecule has 5 heteroatoms. The summed E-state index contributed by atoms with van der Waals surface area (Å²) in [6.07, 6.45) is 5.65. The largest absolute Gasteiger partial charge is 0.450 e. The monoisotopic (exact) mass is 286 g/mol. The van der Waals surface area contributed by atoms with Crippen LogP contribution in [0.15, 0.2) is 0 Å². The predicted octanol–water partition coefficient (Wildman–Crippen LogP) is 2.45. The van der Waals surface area contributed by atoms with Crippen LogP contribution in [-0.4, -0.2) is 50.6 Å². The van der Waals surface area contributed by atoms with E-state index in [4.69, 9.17) is 4.74 Å². The van der Waals surface area contributed by atoms with Gasteiger partial charge in [0, 0.05) is 26.6 Å². The number of nitrogens with one attached hydrogen (secondary N) is 1. The molecule has 0 heterocycles. The first kappa shape index (κ1) is 18.9. The van der Waals surface area contributed by atoms with Crippen molar-refractivity contribution in [3.05, 3.63) is 0 Å². The molecule has 0 spiro atoms. The van der Waals surface area contributed by atoms with Crippen LogP contribution in [0.25, 0.3) is 0 Å². The van der Waals surface area contributed by atoms with Crippen molar-refractivity contribution in [3.8, 4) is 0 Å². The van der Waals surface area contributed by atoms with Crippen LogP contribution in [0, 0.1) is 5.92 Å². The molecule has 1 fully saturated rings. The highest BCUT2D eigenvalue weighted by Gasteiger charge is 2.18. The summed E-state index contributed by atoms with van der Waals surface area (Å²) in [5.74, 6) is 1.10. The summed E-state index contributed by atoms with van der Waals surface area (Å²) in [7, 11) is 3.64. The Morgan fingerprint density at radius 3 is 2.35 bits per heavy atom. The number of ether oxygens (including phenoxy) is 1. The van der Waals surface area contributed by atoms with E-state index in [0.717, 1.165) is 25.4 Å². The second-order valence-electron chi connectivity index (χ2n) is 5.26. The van der Waals surface area contributed by atoms with Gasteiger partial charge in [-0.3, -0.25) is 4.79 Å². The molecule has 0 bridgehead atoms. The van der Waals surface area contributed by atoms with Crippen LogP contribution in [0.2, 0.25) is 0 Å². The van der Waals surface area contributed by atoms with Gasteiger partial charge in [-0.2, -0.15) is 0 Å². The van der Waals surface area contributed by atoms with Gasteiger partial charge in [0.15, 0.2) is 0 Å². The highest BCUT2D eigenvalue weighted by Crippen LogP contribution is 2.29. The molecule has 5 nitrogen and oxygen atoms in total. The quantitative estimate of drug-likeness (QED) is 0.781. The molecule has 0 aliphatic heterocycles. The number of nitrogens with zero attached hydrogens (tertiary/aromatic N) is 1. The van der Waals surface area contributed by atoms with Gasteiger partial charge in [0.05, 0.1) is 6.61 Å². The van der Waals surface area contributed by atoms with Crippen LogP contribution in [0.5, 0.6) is 0 Å². The average Bonchev–Trinajstić information content (AvgIpc) is 2.35. The van der Waals surface area contributed by atoms with E-state index in [0.29, 0.717) is 13.0 Å². The van der Waals surface area contributed by atoms with Gasteiger partial charge in [-0.25, -0.2) is 4.79 Å². The standard InChI is InChI=1S/C10H19NO2.C5H11NO/c1-3-13-10(12)11(2)8-7-9-5-4-6-9;1-5(7)3-4-6-2/h9H,3-8H2,1-2H3;6H,3-4H2,1-2H3. The number of hydrogen-bond donors (Lipinski definition) is 1. The molecule has 0 radical (unpaired) electrons. The SMILES string of the molecule is CCOC(=O)N(C)CCC1CCC1.CNCCC(C)=O. The van der Waals surface area contributed by atoms with Gasteiger partial charge in [0.1, 0.15) is 5.78 Å². The molecular weight excluding hydrogens is 256 g/mol. The molecule has 1 aliphatic rings. The van der Waals surface area contributed by atoms with Crippen molar-refractivity contribution in [2.24, 2.45) is 5.92 Å². The number of Topliss-reactive ketones (excluding diaryl/α,β-unsaturated/α-hetero) is 1. The summed E-state index contributed by atoms with van der Waals surface area (Å²) in [5, 5.41) is 2.88. The lowest BCUT2D eigenvalue weighted by Gasteiger charge is -2.27. The second kappa shape index (κ2) is 11.7. The maximum Gasteiger partial charge on any atom is 0.409 e. The highest BCUT2D eigenvalue weighted by atomic mass is 16.5. The van der Waals surface area contributed by atoms with Crippen LogP contribution in [0.4, 0.5) is 4.79 Å². The van der Waals surface area contributed by atoms with Crippen LogP contribution in [-0.2, 0) is 9.53 Å². The minimum Gasteiger partial charge on any atom is -0.450 e. The number of ketones is 1. The predicted molar refractivity (Wildman–Crippen MR) is 80.8 cm³/mol. The van der Waals surface area contributed by atoms with E-state index >= 15 is 0 Å². The zero-order chi connectivity index (χ0) is 15.4. The molecule has 1 N–H and O–H groups in total. The minimum absolute atomic E-state index is 0.193. The number of hydrogen-bond acceptors (Lipinski definition) is 4. The topological polar surface area (TPSA) is 58.6 Å². The van der Waals surface area contributed by atoms with Gasteiger partial charge in [-0.15, -0.1) is 0 Å². The molecule has 20 heavy (non-hydrogen) atoms. The molecular formula is C15H30N2O3. The maximum absolute atomic E-state index is 11.2. The maximum atomic E-state index is 11.2. The van der Waals surface area contributed by atoms with Gasteiger partial charge < -0.3 is 15.0 Å². The molecule has 0 atom stereocenters. The minimum atomic E-state index is -0.193. The zero-order valence-corrected chi connectivity index (χ0v) is 13.4. The van der Waals surface area contributed by atoms with Crippen molar-refractivity contribution < 1.29 is 14.3 Å². The molecule has 0 aromatic heterocycles. The lowest BCUT2D eigenvalue weighted by atomic mass is 9.83. The summed E-state index contributed by atoms with van der Waals surface area (Å²) in [6.45, 7) is 5.53. The van der Waals surface area contributed by atoms with Crippen molar-refractivity contribution in [1.82, 2.24) is 10.2 Å². The van der Waals surface area contributed by atoms with E-state index < -0.39 is 0 Å². The van der Waals surface area contributed by atoms with Crippen molar-refractivity contribution in [1.29, 1.82) is 0 Å². The van der Waals surface area contributed by atoms with Gasteiger partial charge in [-0.05, 0) is 33.2 Å². The number of amides is 1. The Morgan fingerprint density at radius 2 is 2.00 bits per heavy atom. The van der Waals surface area contributed by atoms with E-state index in [9.17, 15) is 9.59 Å². The third-order valence-corrected chi connectivity index (χ3v) is 3.40. The van der Waals surface area contributed by atoms with Crippen LogP contribution < -0.4 is 5.32 Å². The van der Waals surface area contributed by atoms with E-state index in [-0.39, 0.29) is 11.9 Å². The van der Waals surface area contributed by atoms with Crippen molar-refractivity contribution in [2.75, 3.05) is 33.8 Å². The lowest BCUT2D eigenvalue weighted by molar-refractivity contribution is -0.116. The molecule has 1 amide bonds. The van der Waals surface area contributed by atoms with Gasteiger partial charge >= 0.3 is 6.09 Å². The normalized spacial score (nSPS) is 13.8. The van der Waals surface area contributed by atoms with E-state index in [2.05, 4.69) is 5.32 Å². The zero-order valence-electron chi connectivity index (χ0n) is 13.4. The molecule has 1 aliphatic carbocycles. The smallest absolute Gasteiger partial charge is 0.409 e. The van der Waals surface area contributed by atoms with Gasteiger partial charge in [0.25, 0.3) is 0 Å². The summed E-state index contributed by atoms with van der Waals surface area (Å²) < 4.78 is 4.87. The molecule has 1 saturated carbocycles. The molecule has 0 unspecified atom stereocenters. The molecule has 0 aromatic rings. The van der Waals surface area contributed by atoms with Crippen LogP contribution >= 0.6 is 0 Å². The first-order valence-corrected chi connectivity index (χ1v) is 7.53. The summed E-state index contributed by atoms with van der Waals surface area (Å²) >= 11 is 0. The van der Waals surface area contributed by atoms with Crippen LogP contribution in [0.3, 0.4) is 0 Å². The lowest BCUT2D eigenvalue weighted by Crippen LogP contribution is -2.30. The van der Waals surface area contributed by atoms with E-state index in [1.165, 1.54) is 19.3 Å². The van der Waals surface area contributed by atoms with Crippen LogP contribution in [0.1, 0.15) is 46.0 Å². The first-order valence-electron chi connectivity index (χ1n) is 7.53. The molecule has 118 valence electrons. The summed E-state index contributed by atoms with van der Waals surface area (Å²) in [5.41, 5.74) is 0. The number of rotatable bonds is 7. The highest BCUT2D eigenvalue weighted by molar-refractivity contribution is 5.75. The fourth-order valence-electron chi connectivity index (χ4n) is 1.78.